The first-order valence-corrected chi connectivity index (χ1v) is 10.6. The van der Waals surface area contributed by atoms with Crippen LogP contribution < -0.4 is 0 Å². The predicted molar refractivity (Wildman–Crippen MR) is 123 cm³/mol. The number of fused-ring (bicyclic) bond motifs is 6. The minimum absolute atomic E-state index is 0.0919. The Bertz CT molecular complexity index is 1120. The zero-order valence-corrected chi connectivity index (χ0v) is 16.9. The average Bonchev–Trinajstić information content (AvgIpc) is 3.28. The molecule has 4 aliphatic carbocycles. The summed E-state index contributed by atoms with van der Waals surface area (Å²) in [7, 11) is 0. The molecule has 0 radical (unpaired) electrons. The molecule has 0 fully saturated rings. The molecule has 0 heterocycles. The van der Waals surface area contributed by atoms with E-state index in [1.54, 1.807) is 0 Å². The highest BCUT2D eigenvalue weighted by molar-refractivity contribution is 5.97. The summed E-state index contributed by atoms with van der Waals surface area (Å²) >= 11 is 0. The molecule has 6 rings (SSSR count). The van der Waals surface area contributed by atoms with E-state index in [-0.39, 0.29) is 5.41 Å². The Morgan fingerprint density at radius 2 is 1.03 bits per heavy atom. The molecule has 0 N–H and O–H groups in total. The molecule has 2 unspecified atom stereocenters. The van der Waals surface area contributed by atoms with Crippen molar-refractivity contribution in [3.8, 4) is 0 Å². The van der Waals surface area contributed by atoms with Gasteiger partial charge in [0.1, 0.15) is 0 Å². The van der Waals surface area contributed by atoms with Gasteiger partial charge in [0.15, 0.2) is 0 Å². The highest BCUT2D eigenvalue weighted by Gasteiger charge is 2.43. The SMILES string of the molecule is CC(C)(C1=C2C=CC=CC2c2ccccc21)C1=C2C=CC=CC2c2ccccc21. The van der Waals surface area contributed by atoms with Gasteiger partial charge >= 0.3 is 0 Å². The van der Waals surface area contributed by atoms with Gasteiger partial charge in [0, 0.05) is 17.3 Å². The molecule has 29 heavy (non-hydrogen) atoms. The highest BCUT2D eigenvalue weighted by Crippen LogP contribution is 2.60. The number of hydrogen-bond donors (Lipinski definition) is 0. The number of benzene rings is 2. The summed E-state index contributed by atoms with van der Waals surface area (Å²) in [5, 5.41) is 0. The molecule has 0 spiro atoms. The van der Waals surface area contributed by atoms with Gasteiger partial charge in [0.05, 0.1) is 0 Å². The average molecular weight is 373 g/mol. The Morgan fingerprint density at radius 1 is 0.586 bits per heavy atom. The van der Waals surface area contributed by atoms with Gasteiger partial charge in [-0.15, -0.1) is 0 Å². The van der Waals surface area contributed by atoms with E-state index in [0.717, 1.165) is 0 Å². The molecule has 0 aromatic heterocycles. The van der Waals surface area contributed by atoms with Gasteiger partial charge in [-0.1, -0.05) is 111 Å². The van der Waals surface area contributed by atoms with Gasteiger partial charge in [0.25, 0.3) is 0 Å². The van der Waals surface area contributed by atoms with E-state index in [2.05, 4.69) is 111 Å². The maximum atomic E-state index is 2.42. The molecule has 4 aliphatic rings. The molecule has 2 atom stereocenters. The Hall–Kier alpha value is -3.12. The zero-order chi connectivity index (χ0) is 19.6. The van der Waals surface area contributed by atoms with Crippen molar-refractivity contribution in [3.63, 3.8) is 0 Å². The fourth-order valence-corrected chi connectivity index (χ4v) is 5.93. The fourth-order valence-electron chi connectivity index (χ4n) is 5.93. The molecule has 2 aromatic carbocycles. The van der Waals surface area contributed by atoms with Crippen LogP contribution in [0.4, 0.5) is 0 Å². The third-order valence-corrected chi connectivity index (χ3v) is 7.01. The van der Waals surface area contributed by atoms with Gasteiger partial charge in [-0.2, -0.15) is 0 Å². The van der Waals surface area contributed by atoms with E-state index < -0.39 is 0 Å². The molecule has 2 aromatic rings. The molecular formula is C29H24. The Morgan fingerprint density at radius 3 is 1.52 bits per heavy atom. The summed E-state index contributed by atoms with van der Waals surface area (Å²) in [6, 6.07) is 18.0. The molecule has 0 amide bonds. The van der Waals surface area contributed by atoms with Crippen LogP contribution >= 0.6 is 0 Å². The van der Waals surface area contributed by atoms with Gasteiger partial charge < -0.3 is 0 Å². The van der Waals surface area contributed by atoms with Crippen molar-refractivity contribution in [2.45, 2.75) is 25.7 Å². The van der Waals surface area contributed by atoms with Gasteiger partial charge in [0.2, 0.25) is 0 Å². The van der Waals surface area contributed by atoms with E-state index in [1.165, 1.54) is 44.5 Å². The summed E-state index contributed by atoms with van der Waals surface area (Å²) in [5.41, 5.74) is 11.5. The lowest BCUT2D eigenvalue weighted by Gasteiger charge is -2.32. The standard InChI is InChI=1S/C29H24/c1-29(2,27-23-15-7-3-11-19(23)20-12-4-8-16-24(20)27)28-25-17-9-5-13-21(25)22-14-6-10-18-26(22)28/h3-19,21H,1-2H3. The molecule has 0 saturated heterocycles. The van der Waals surface area contributed by atoms with E-state index in [9.17, 15) is 0 Å². The molecule has 0 saturated carbocycles. The molecule has 140 valence electrons. The van der Waals surface area contributed by atoms with Crippen molar-refractivity contribution < 1.29 is 0 Å². The number of allylic oxidation sites excluding steroid dienone is 12. The van der Waals surface area contributed by atoms with Crippen molar-refractivity contribution in [1.29, 1.82) is 0 Å². The topological polar surface area (TPSA) is 0 Å². The van der Waals surface area contributed by atoms with Crippen LogP contribution in [0.2, 0.25) is 0 Å². The lowest BCUT2D eigenvalue weighted by molar-refractivity contribution is 0.670. The van der Waals surface area contributed by atoms with E-state index in [0.29, 0.717) is 11.8 Å². The monoisotopic (exact) mass is 372 g/mol. The third kappa shape index (κ3) is 2.20. The van der Waals surface area contributed by atoms with Crippen LogP contribution in [0.1, 0.15) is 47.9 Å². The minimum Gasteiger partial charge on any atom is -0.0726 e. The third-order valence-electron chi connectivity index (χ3n) is 7.01. The van der Waals surface area contributed by atoms with Crippen LogP contribution in [-0.4, -0.2) is 0 Å². The smallest absolute Gasteiger partial charge is 0.0281 e. The summed E-state index contributed by atoms with van der Waals surface area (Å²) in [6.45, 7) is 4.85. The lowest BCUT2D eigenvalue weighted by Crippen LogP contribution is -2.17. The predicted octanol–water partition coefficient (Wildman–Crippen LogP) is 7.37. The first-order chi connectivity index (χ1) is 14.2. The van der Waals surface area contributed by atoms with Crippen LogP contribution in [-0.2, 0) is 0 Å². The quantitative estimate of drug-likeness (QED) is 0.516. The number of hydrogen-bond acceptors (Lipinski definition) is 0. The lowest BCUT2D eigenvalue weighted by atomic mass is 9.70. The summed E-state index contributed by atoms with van der Waals surface area (Å²) in [5.74, 6) is 0.760. The van der Waals surface area contributed by atoms with Crippen molar-refractivity contribution >= 4 is 11.1 Å². The summed E-state index contributed by atoms with van der Waals surface area (Å²) < 4.78 is 0. The van der Waals surface area contributed by atoms with Crippen molar-refractivity contribution in [2.75, 3.05) is 0 Å². The van der Waals surface area contributed by atoms with Crippen LogP contribution in [0.25, 0.3) is 11.1 Å². The molecule has 0 nitrogen and oxygen atoms in total. The normalized spacial score (nSPS) is 23.4. The number of rotatable bonds is 2. The molecule has 0 bridgehead atoms. The molecule has 0 aliphatic heterocycles. The zero-order valence-electron chi connectivity index (χ0n) is 16.9. The van der Waals surface area contributed by atoms with Crippen LogP contribution in [0.15, 0.2) is 108 Å². The maximum absolute atomic E-state index is 2.42. The maximum Gasteiger partial charge on any atom is 0.0281 e. The fraction of sp³-hybridized carbons (Fsp3) is 0.172. The first-order valence-electron chi connectivity index (χ1n) is 10.6. The Kier molecular flexibility index (Phi) is 3.44. The largest absolute Gasteiger partial charge is 0.0726 e. The summed E-state index contributed by atoms with van der Waals surface area (Å²) in [6.07, 6.45) is 18.1. The van der Waals surface area contributed by atoms with Crippen molar-refractivity contribution in [1.82, 2.24) is 0 Å². The highest BCUT2D eigenvalue weighted by atomic mass is 14.5. The van der Waals surface area contributed by atoms with Crippen LogP contribution in [0, 0.1) is 5.41 Å². The second-order valence-corrected chi connectivity index (χ2v) is 8.90. The second-order valence-electron chi connectivity index (χ2n) is 8.90. The Balaban J connectivity index is 1.64. The van der Waals surface area contributed by atoms with Crippen LogP contribution in [0.5, 0.6) is 0 Å². The Labute approximate surface area is 173 Å². The summed E-state index contributed by atoms with van der Waals surface area (Å²) in [4.78, 5) is 0. The molecular weight excluding hydrogens is 348 g/mol. The van der Waals surface area contributed by atoms with E-state index >= 15 is 0 Å². The minimum atomic E-state index is -0.0919. The van der Waals surface area contributed by atoms with E-state index in [1.807, 2.05) is 0 Å². The van der Waals surface area contributed by atoms with Crippen molar-refractivity contribution in [2.24, 2.45) is 5.41 Å². The van der Waals surface area contributed by atoms with Gasteiger partial charge in [-0.05, 0) is 44.5 Å². The van der Waals surface area contributed by atoms with E-state index in [4.69, 9.17) is 0 Å². The van der Waals surface area contributed by atoms with Gasteiger partial charge in [-0.3, -0.25) is 0 Å². The van der Waals surface area contributed by atoms with Gasteiger partial charge in [-0.25, -0.2) is 0 Å². The van der Waals surface area contributed by atoms with Crippen LogP contribution in [0.3, 0.4) is 0 Å². The van der Waals surface area contributed by atoms with Crippen molar-refractivity contribution in [3.05, 3.63) is 131 Å². The second kappa shape index (κ2) is 5.94. The first kappa shape index (κ1) is 16.8. The molecule has 0 heteroatoms.